The molecule has 0 saturated carbocycles. The van der Waals surface area contributed by atoms with E-state index < -0.39 is 0 Å². The number of nitrogens with zero attached hydrogens (tertiary/aromatic N) is 3. The molecule has 122 valence electrons. The van der Waals surface area contributed by atoms with Crippen LogP contribution in [-0.4, -0.2) is 20.9 Å². The second-order valence-corrected chi connectivity index (χ2v) is 8.74. The first kappa shape index (κ1) is 15.9. The minimum absolute atomic E-state index is 0.320. The van der Waals surface area contributed by atoms with E-state index in [4.69, 9.17) is 4.74 Å². The maximum Gasteiger partial charge on any atom is 0.247 e. The molecule has 4 rings (SSSR count). The lowest BCUT2D eigenvalue weighted by atomic mass is 10.1. The van der Waals surface area contributed by atoms with Gasteiger partial charge in [0, 0.05) is 11.3 Å². The van der Waals surface area contributed by atoms with Gasteiger partial charge in [0.05, 0.1) is 8.66 Å². The lowest BCUT2D eigenvalue weighted by Crippen LogP contribution is -2.15. The Morgan fingerprint density at radius 2 is 2.12 bits per heavy atom. The van der Waals surface area contributed by atoms with Crippen LogP contribution in [0.5, 0.6) is 5.88 Å². The highest BCUT2D eigenvalue weighted by atomic mass is 79.9. The van der Waals surface area contributed by atoms with Crippen molar-refractivity contribution in [2.75, 3.05) is 11.1 Å². The van der Waals surface area contributed by atoms with Gasteiger partial charge in [0.15, 0.2) is 5.69 Å². The second kappa shape index (κ2) is 6.70. The Morgan fingerprint density at radius 3 is 2.92 bits per heavy atom. The van der Waals surface area contributed by atoms with Gasteiger partial charge in [-0.25, -0.2) is 0 Å². The van der Waals surface area contributed by atoms with Gasteiger partial charge in [-0.05, 0) is 39.9 Å². The molecular formula is C16H13BrN4OS2. The fourth-order valence-electron chi connectivity index (χ4n) is 2.44. The number of nitrogens with one attached hydrogen (secondary N) is 1. The first-order valence-corrected chi connectivity index (χ1v) is 9.99. The van der Waals surface area contributed by atoms with Crippen LogP contribution in [0.3, 0.4) is 0 Å². The molecule has 1 aromatic carbocycles. The SMILES string of the molecule is CCSc1nnc2c(n1)OC(c1ccc(Br)s1)Nc1ccccc1-2. The molecule has 1 atom stereocenters. The van der Waals surface area contributed by atoms with E-state index in [2.05, 4.69) is 43.4 Å². The van der Waals surface area contributed by atoms with Crippen molar-refractivity contribution in [3.05, 3.63) is 45.1 Å². The predicted octanol–water partition coefficient (Wildman–Crippen LogP) is 4.98. The second-order valence-electron chi connectivity index (χ2n) is 5.01. The predicted molar refractivity (Wildman–Crippen MR) is 101 cm³/mol. The van der Waals surface area contributed by atoms with Crippen molar-refractivity contribution in [3.8, 4) is 17.1 Å². The van der Waals surface area contributed by atoms with Crippen molar-refractivity contribution in [3.63, 3.8) is 0 Å². The molecule has 1 aliphatic heterocycles. The first-order chi connectivity index (χ1) is 11.7. The summed E-state index contributed by atoms with van der Waals surface area (Å²) in [5, 5.41) is 12.6. The number of halogens is 1. The number of para-hydroxylation sites is 1. The largest absolute Gasteiger partial charge is 0.447 e. The number of aromatic nitrogens is 3. The molecule has 0 radical (unpaired) electrons. The molecule has 5 nitrogen and oxygen atoms in total. The molecule has 1 N–H and O–H groups in total. The summed E-state index contributed by atoms with van der Waals surface area (Å²) in [6.07, 6.45) is -0.320. The molecule has 0 fully saturated rings. The van der Waals surface area contributed by atoms with Gasteiger partial charge < -0.3 is 10.1 Å². The van der Waals surface area contributed by atoms with Crippen LogP contribution < -0.4 is 10.1 Å². The van der Waals surface area contributed by atoms with Crippen LogP contribution >= 0.6 is 39.0 Å². The zero-order valence-corrected chi connectivity index (χ0v) is 15.9. The third kappa shape index (κ3) is 3.01. The third-order valence-electron chi connectivity index (χ3n) is 3.46. The summed E-state index contributed by atoms with van der Waals surface area (Å²) in [6, 6.07) is 12.0. The normalized spacial score (nSPS) is 15.7. The van der Waals surface area contributed by atoms with Crippen molar-refractivity contribution in [2.45, 2.75) is 18.3 Å². The van der Waals surface area contributed by atoms with Gasteiger partial charge in [0.2, 0.25) is 17.3 Å². The molecule has 0 spiro atoms. The van der Waals surface area contributed by atoms with Gasteiger partial charge >= 0.3 is 0 Å². The third-order valence-corrected chi connectivity index (χ3v) is 5.85. The van der Waals surface area contributed by atoms with Gasteiger partial charge in [-0.2, -0.15) is 4.98 Å². The number of hydrogen-bond acceptors (Lipinski definition) is 7. The number of hydrogen-bond donors (Lipinski definition) is 1. The average molecular weight is 421 g/mol. The van der Waals surface area contributed by atoms with Crippen LogP contribution in [0.25, 0.3) is 11.3 Å². The van der Waals surface area contributed by atoms with E-state index in [0.29, 0.717) is 16.7 Å². The highest BCUT2D eigenvalue weighted by Crippen LogP contribution is 2.41. The minimum atomic E-state index is -0.320. The molecule has 3 heterocycles. The van der Waals surface area contributed by atoms with E-state index in [1.807, 2.05) is 36.4 Å². The number of thiophene rings is 1. The van der Waals surface area contributed by atoms with Crippen LogP contribution in [0.4, 0.5) is 5.69 Å². The van der Waals surface area contributed by atoms with Crippen LogP contribution in [-0.2, 0) is 0 Å². The molecule has 0 aliphatic carbocycles. The number of ether oxygens (including phenoxy) is 1. The molecule has 0 bridgehead atoms. The number of benzene rings is 1. The fraction of sp³-hybridized carbons (Fsp3) is 0.188. The van der Waals surface area contributed by atoms with E-state index in [1.54, 1.807) is 23.1 Å². The van der Waals surface area contributed by atoms with Crippen LogP contribution in [0.1, 0.15) is 18.0 Å². The van der Waals surface area contributed by atoms with E-state index in [0.717, 1.165) is 25.7 Å². The Kier molecular flexibility index (Phi) is 4.43. The van der Waals surface area contributed by atoms with Crippen LogP contribution in [0.15, 0.2) is 45.3 Å². The number of thioether (sulfide) groups is 1. The van der Waals surface area contributed by atoms with E-state index in [1.165, 1.54) is 0 Å². The van der Waals surface area contributed by atoms with E-state index in [9.17, 15) is 0 Å². The zero-order valence-electron chi connectivity index (χ0n) is 12.7. The molecule has 1 unspecified atom stereocenters. The number of rotatable bonds is 3. The van der Waals surface area contributed by atoms with Crippen molar-refractivity contribution in [2.24, 2.45) is 0 Å². The lowest BCUT2D eigenvalue weighted by molar-refractivity contribution is 0.229. The van der Waals surface area contributed by atoms with Crippen molar-refractivity contribution in [1.29, 1.82) is 0 Å². The monoisotopic (exact) mass is 420 g/mol. The Labute approximate surface area is 156 Å². The van der Waals surface area contributed by atoms with E-state index in [-0.39, 0.29) is 6.23 Å². The van der Waals surface area contributed by atoms with Crippen molar-refractivity contribution >= 4 is 44.7 Å². The number of anilines is 1. The molecule has 3 aromatic rings. The quantitative estimate of drug-likeness (QED) is 0.602. The standard InChI is InChI=1S/C16H13BrN4OS2/c1-2-23-16-19-15-13(20-21-16)9-5-3-4-6-10(9)18-14(22-15)11-7-8-12(17)24-11/h3-8,14,18H,2H2,1H3. The highest BCUT2D eigenvalue weighted by molar-refractivity contribution is 9.11. The van der Waals surface area contributed by atoms with Crippen molar-refractivity contribution in [1.82, 2.24) is 15.2 Å². The fourth-order valence-corrected chi connectivity index (χ4v) is 4.34. The summed E-state index contributed by atoms with van der Waals surface area (Å²) in [6.45, 7) is 2.06. The first-order valence-electron chi connectivity index (χ1n) is 7.40. The topological polar surface area (TPSA) is 59.9 Å². The Balaban J connectivity index is 1.83. The Morgan fingerprint density at radius 1 is 1.25 bits per heavy atom. The molecule has 1 aliphatic rings. The summed E-state index contributed by atoms with van der Waals surface area (Å²) in [4.78, 5) is 5.63. The minimum Gasteiger partial charge on any atom is -0.447 e. The number of fused-ring (bicyclic) bond motifs is 3. The summed E-state index contributed by atoms with van der Waals surface area (Å²) in [5.41, 5.74) is 2.56. The molecule has 8 heteroatoms. The van der Waals surface area contributed by atoms with Crippen LogP contribution in [0.2, 0.25) is 0 Å². The van der Waals surface area contributed by atoms with Crippen molar-refractivity contribution < 1.29 is 4.74 Å². The molecule has 0 amide bonds. The Hall–Kier alpha value is -1.64. The Bertz CT molecular complexity index is 886. The molecule has 2 aromatic heterocycles. The summed E-state index contributed by atoms with van der Waals surface area (Å²) < 4.78 is 7.24. The maximum atomic E-state index is 6.18. The highest BCUT2D eigenvalue weighted by Gasteiger charge is 2.26. The lowest BCUT2D eigenvalue weighted by Gasteiger charge is -2.17. The average Bonchev–Trinajstić information content (AvgIpc) is 2.95. The molecule has 24 heavy (non-hydrogen) atoms. The van der Waals surface area contributed by atoms with Gasteiger partial charge in [-0.15, -0.1) is 21.5 Å². The van der Waals surface area contributed by atoms with Gasteiger partial charge in [0.1, 0.15) is 0 Å². The van der Waals surface area contributed by atoms with Crippen LogP contribution in [0, 0.1) is 0 Å². The zero-order chi connectivity index (χ0) is 16.5. The van der Waals surface area contributed by atoms with Gasteiger partial charge in [-0.3, -0.25) is 0 Å². The molecular weight excluding hydrogens is 408 g/mol. The maximum absolute atomic E-state index is 6.18. The summed E-state index contributed by atoms with van der Waals surface area (Å²) in [7, 11) is 0. The summed E-state index contributed by atoms with van der Waals surface area (Å²) >= 11 is 6.68. The van der Waals surface area contributed by atoms with Gasteiger partial charge in [-0.1, -0.05) is 36.9 Å². The molecule has 0 saturated heterocycles. The van der Waals surface area contributed by atoms with Gasteiger partial charge in [0.25, 0.3) is 0 Å². The smallest absolute Gasteiger partial charge is 0.247 e. The summed E-state index contributed by atoms with van der Waals surface area (Å²) in [5.74, 6) is 1.39. The van der Waals surface area contributed by atoms with E-state index >= 15 is 0 Å².